The number of rotatable bonds is 2. The molecule has 0 spiro atoms. The van der Waals surface area contributed by atoms with Crippen LogP contribution in [0.15, 0.2) is 21.2 Å². The van der Waals surface area contributed by atoms with Crippen LogP contribution in [0.2, 0.25) is 0 Å². The summed E-state index contributed by atoms with van der Waals surface area (Å²) in [5.41, 5.74) is -5.73. The van der Waals surface area contributed by atoms with Crippen LogP contribution in [0, 0.1) is 0 Å². The van der Waals surface area contributed by atoms with Gasteiger partial charge in [0, 0.05) is 5.90 Å². The van der Waals surface area contributed by atoms with E-state index in [1.807, 2.05) is 0 Å². The molecule has 0 aliphatic rings. The Labute approximate surface area is 86.7 Å². The maximum atomic E-state index is 11.8. The summed E-state index contributed by atoms with van der Waals surface area (Å²) in [6.45, 7) is 0. The number of thiophene rings is 1. The standard InChI is InChI=1S/C6H4F3NO3S2/c7-6(8,9)15(12,13)10-5(11)4-1-2-14-3-4/h1-3H,(H,10,11)/p-1. The molecular weight excluding hydrogens is 255 g/mol. The Morgan fingerprint density at radius 2 is 2.07 bits per heavy atom. The van der Waals surface area contributed by atoms with E-state index in [0.717, 1.165) is 11.3 Å². The second kappa shape index (κ2) is 3.81. The quantitative estimate of drug-likeness (QED) is 0.579. The van der Waals surface area contributed by atoms with Gasteiger partial charge < -0.3 is 5.11 Å². The highest BCUT2D eigenvalue weighted by atomic mass is 32.2. The highest BCUT2D eigenvalue weighted by Gasteiger charge is 2.45. The van der Waals surface area contributed by atoms with Gasteiger partial charge in [-0.3, -0.25) is 0 Å². The summed E-state index contributed by atoms with van der Waals surface area (Å²) in [5.74, 6) is -1.42. The van der Waals surface area contributed by atoms with E-state index in [2.05, 4.69) is 4.40 Å². The van der Waals surface area contributed by atoms with Crippen molar-refractivity contribution in [3.05, 3.63) is 22.4 Å². The summed E-state index contributed by atoms with van der Waals surface area (Å²) in [5, 5.41) is 13.6. The molecule has 4 nitrogen and oxygen atoms in total. The zero-order valence-corrected chi connectivity index (χ0v) is 8.49. The lowest BCUT2D eigenvalue weighted by molar-refractivity contribution is -0.212. The summed E-state index contributed by atoms with van der Waals surface area (Å²) in [6, 6.07) is 1.18. The van der Waals surface area contributed by atoms with Crippen LogP contribution in [-0.2, 0) is 10.0 Å². The molecule has 1 heterocycles. The minimum Gasteiger partial charge on any atom is -0.858 e. The normalized spacial score (nSPS) is 14.2. The monoisotopic (exact) mass is 258 g/mol. The molecule has 0 aromatic carbocycles. The first-order valence-corrected chi connectivity index (χ1v) is 5.73. The van der Waals surface area contributed by atoms with Crippen LogP contribution in [0.25, 0.3) is 0 Å². The van der Waals surface area contributed by atoms with Gasteiger partial charge in [-0.1, -0.05) is 0 Å². The number of halogens is 3. The maximum absolute atomic E-state index is 11.8. The molecule has 84 valence electrons. The average Bonchev–Trinajstić information content (AvgIpc) is 2.51. The molecule has 0 fully saturated rings. The molecule has 1 aromatic heterocycles. The van der Waals surface area contributed by atoms with E-state index in [1.54, 1.807) is 0 Å². The van der Waals surface area contributed by atoms with Crippen molar-refractivity contribution in [2.24, 2.45) is 4.40 Å². The Balaban J connectivity index is 3.10. The highest BCUT2D eigenvalue weighted by molar-refractivity contribution is 7.91. The van der Waals surface area contributed by atoms with E-state index in [1.165, 1.54) is 16.8 Å². The zero-order valence-electron chi connectivity index (χ0n) is 6.85. The first kappa shape index (κ1) is 12.0. The van der Waals surface area contributed by atoms with Crippen LogP contribution in [0.3, 0.4) is 0 Å². The molecule has 0 saturated heterocycles. The molecular formula is C6H3F3NO3S2-. The van der Waals surface area contributed by atoms with E-state index in [9.17, 15) is 26.7 Å². The smallest absolute Gasteiger partial charge is 0.518 e. The summed E-state index contributed by atoms with van der Waals surface area (Å²) in [6.07, 6.45) is 0. The van der Waals surface area contributed by atoms with Gasteiger partial charge in [-0.2, -0.15) is 37.3 Å². The van der Waals surface area contributed by atoms with Crippen LogP contribution in [-0.4, -0.2) is 19.8 Å². The SMILES string of the molecule is O=S(=O)(/N=C(\[O-])c1ccsc1)C(F)(F)F. The van der Waals surface area contributed by atoms with Crippen molar-refractivity contribution in [1.29, 1.82) is 0 Å². The average molecular weight is 258 g/mol. The van der Waals surface area contributed by atoms with Crippen molar-refractivity contribution >= 4 is 27.3 Å². The minimum atomic E-state index is -5.74. The summed E-state index contributed by atoms with van der Waals surface area (Å²) in [4.78, 5) is 0. The summed E-state index contributed by atoms with van der Waals surface area (Å²) >= 11 is 1.04. The predicted molar refractivity (Wildman–Crippen MR) is 45.8 cm³/mol. The lowest BCUT2D eigenvalue weighted by Crippen LogP contribution is -2.26. The van der Waals surface area contributed by atoms with Gasteiger partial charge in [0.15, 0.2) is 0 Å². The molecule has 0 N–H and O–H groups in total. The van der Waals surface area contributed by atoms with Gasteiger partial charge in [0.05, 0.1) is 0 Å². The summed E-state index contributed by atoms with van der Waals surface area (Å²) < 4.78 is 58.4. The van der Waals surface area contributed by atoms with Gasteiger partial charge in [-0.05, 0) is 22.4 Å². The third-order valence-electron chi connectivity index (χ3n) is 1.26. The van der Waals surface area contributed by atoms with Crippen LogP contribution in [0.4, 0.5) is 13.2 Å². The fraction of sp³-hybridized carbons (Fsp3) is 0.167. The molecule has 9 heteroatoms. The van der Waals surface area contributed by atoms with E-state index < -0.39 is 21.4 Å². The predicted octanol–water partition coefficient (Wildman–Crippen LogP) is 0.705. The number of hydrogen-bond acceptors (Lipinski definition) is 4. The molecule has 1 rings (SSSR count). The van der Waals surface area contributed by atoms with Crippen LogP contribution in [0.1, 0.15) is 5.56 Å². The van der Waals surface area contributed by atoms with Crippen molar-refractivity contribution in [3.63, 3.8) is 0 Å². The molecule has 0 unspecified atom stereocenters. The van der Waals surface area contributed by atoms with Gasteiger partial charge in [-0.25, -0.2) is 0 Å². The molecule has 0 radical (unpaired) electrons. The van der Waals surface area contributed by atoms with E-state index in [-0.39, 0.29) is 5.56 Å². The Morgan fingerprint density at radius 3 is 2.47 bits per heavy atom. The third kappa shape index (κ3) is 2.69. The number of sulfonamides is 1. The molecule has 0 saturated carbocycles. The topological polar surface area (TPSA) is 69.6 Å². The van der Waals surface area contributed by atoms with E-state index in [0.29, 0.717) is 0 Å². The first-order chi connectivity index (χ1) is 6.74. The van der Waals surface area contributed by atoms with Crippen molar-refractivity contribution in [2.45, 2.75) is 5.51 Å². The Bertz CT molecular complexity index is 460. The molecule has 1 aromatic rings. The fourth-order valence-corrected chi connectivity index (χ4v) is 1.66. The van der Waals surface area contributed by atoms with Gasteiger partial charge in [0.2, 0.25) is 0 Å². The lowest BCUT2D eigenvalue weighted by Gasteiger charge is -2.09. The van der Waals surface area contributed by atoms with Gasteiger partial charge in [0.1, 0.15) is 0 Å². The zero-order chi connectivity index (χ0) is 11.7. The number of hydrogen-bond donors (Lipinski definition) is 0. The van der Waals surface area contributed by atoms with Crippen LogP contribution >= 0.6 is 11.3 Å². The lowest BCUT2D eigenvalue weighted by atomic mass is 10.3. The Hall–Kier alpha value is -1.09. The van der Waals surface area contributed by atoms with Crippen molar-refractivity contribution in [1.82, 2.24) is 0 Å². The molecule has 15 heavy (non-hydrogen) atoms. The van der Waals surface area contributed by atoms with Crippen molar-refractivity contribution in [3.8, 4) is 0 Å². The first-order valence-electron chi connectivity index (χ1n) is 3.35. The largest absolute Gasteiger partial charge is 0.858 e. The maximum Gasteiger partial charge on any atom is 0.518 e. The molecule has 0 atom stereocenters. The fourth-order valence-electron chi connectivity index (χ4n) is 0.600. The number of nitrogens with zero attached hydrogens (tertiary/aromatic N) is 1. The van der Waals surface area contributed by atoms with E-state index in [4.69, 9.17) is 0 Å². The Morgan fingerprint density at radius 1 is 1.47 bits per heavy atom. The molecule has 0 aliphatic carbocycles. The van der Waals surface area contributed by atoms with Gasteiger partial charge in [-0.15, -0.1) is 0 Å². The molecule has 0 aliphatic heterocycles. The van der Waals surface area contributed by atoms with Gasteiger partial charge >= 0.3 is 15.5 Å². The minimum absolute atomic E-state index is 0.187. The van der Waals surface area contributed by atoms with Gasteiger partial charge in [0.25, 0.3) is 0 Å². The Kier molecular flexibility index (Phi) is 3.05. The summed E-state index contributed by atoms with van der Waals surface area (Å²) in [7, 11) is -5.74. The third-order valence-corrected chi connectivity index (χ3v) is 2.94. The highest BCUT2D eigenvalue weighted by Crippen LogP contribution is 2.24. The second-order valence-corrected chi connectivity index (χ2v) is 4.70. The van der Waals surface area contributed by atoms with Crippen LogP contribution < -0.4 is 5.11 Å². The molecule has 0 bridgehead atoms. The van der Waals surface area contributed by atoms with Crippen molar-refractivity contribution < 1.29 is 26.7 Å². The molecule has 0 amide bonds. The van der Waals surface area contributed by atoms with Crippen LogP contribution in [0.5, 0.6) is 0 Å². The number of alkyl halides is 3. The second-order valence-electron chi connectivity index (χ2n) is 2.33. The van der Waals surface area contributed by atoms with Crippen molar-refractivity contribution in [2.75, 3.05) is 0 Å². The van der Waals surface area contributed by atoms with E-state index >= 15 is 0 Å².